The third-order valence-electron chi connectivity index (χ3n) is 16.2. The van der Waals surface area contributed by atoms with E-state index in [-0.39, 0.29) is 18.5 Å². The van der Waals surface area contributed by atoms with Crippen LogP contribution in [0, 0.1) is 0 Å². The monoisotopic (exact) mass is 1030 g/mol. The van der Waals surface area contributed by atoms with Gasteiger partial charge in [0.1, 0.15) is 0 Å². The second kappa shape index (κ2) is 63.4. The molecule has 3 N–H and O–H groups in total. The van der Waals surface area contributed by atoms with E-state index >= 15 is 0 Å². The first kappa shape index (κ1) is 71.9. The van der Waals surface area contributed by atoms with Gasteiger partial charge in [0.05, 0.1) is 25.4 Å². The van der Waals surface area contributed by atoms with Gasteiger partial charge in [-0.2, -0.15) is 0 Å². The van der Waals surface area contributed by atoms with Gasteiger partial charge in [0, 0.05) is 12.8 Å². The fraction of sp³-hybridized carbons (Fsp3) is 0.970. The molecule has 0 aromatic rings. The van der Waals surface area contributed by atoms with Crippen molar-refractivity contribution in [3.05, 3.63) is 0 Å². The number of aliphatic hydroxyl groups excluding tert-OH is 2. The molecule has 0 fully saturated rings. The summed E-state index contributed by atoms with van der Waals surface area (Å²) in [7, 11) is 0. The topological polar surface area (TPSA) is 95.9 Å². The number of aliphatic hydroxyl groups is 2. The Kier molecular flexibility index (Phi) is 62.4. The Morgan fingerprint density at radius 3 is 0.836 bits per heavy atom. The number of carbonyl (C=O) groups excluding carboxylic acids is 2. The molecule has 436 valence electrons. The number of nitrogens with one attached hydrogen (secondary N) is 1. The van der Waals surface area contributed by atoms with Gasteiger partial charge in [0.25, 0.3) is 0 Å². The van der Waals surface area contributed by atoms with Crippen LogP contribution >= 0.6 is 0 Å². The number of ether oxygens (including phenoxy) is 1. The zero-order chi connectivity index (χ0) is 52.9. The van der Waals surface area contributed by atoms with Crippen molar-refractivity contribution >= 4 is 11.9 Å². The Morgan fingerprint density at radius 2 is 0.562 bits per heavy atom. The van der Waals surface area contributed by atoms with E-state index in [2.05, 4.69) is 19.2 Å². The first-order valence-electron chi connectivity index (χ1n) is 33.8. The standard InChI is InChI=1S/C67H133NO5/c1-3-5-7-9-11-13-15-16-36-40-43-47-51-55-59-65(70)64(63-69)68-66(71)60-56-52-48-44-41-37-34-32-30-28-26-24-22-20-18-17-19-21-23-25-27-29-31-33-35-38-42-46-50-54-58-62-73-67(72)61-57-53-49-45-39-14-12-10-8-6-4-2/h64-65,69-70H,3-63H2,1-2H3,(H,68,71). The zero-order valence-corrected chi connectivity index (χ0v) is 49.9. The van der Waals surface area contributed by atoms with Crippen molar-refractivity contribution in [1.82, 2.24) is 5.32 Å². The summed E-state index contributed by atoms with van der Waals surface area (Å²) in [6.07, 6.45) is 75.8. The molecule has 2 atom stereocenters. The van der Waals surface area contributed by atoms with Gasteiger partial charge in [-0.25, -0.2) is 0 Å². The SMILES string of the molecule is CCCCCCCCCCCCCCCCC(O)C(CO)NC(=O)CCCCCCCCCCCCCCCCCCCCCCCCCCCCCCCCCOC(=O)CCCCCCCCCCCCC. The zero-order valence-electron chi connectivity index (χ0n) is 49.9. The number of carbonyl (C=O) groups is 2. The summed E-state index contributed by atoms with van der Waals surface area (Å²) in [5.74, 6) is -0.00635. The Hall–Kier alpha value is -1.14. The van der Waals surface area contributed by atoms with E-state index in [1.165, 1.54) is 321 Å². The lowest BCUT2D eigenvalue weighted by atomic mass is 10.0. The molecule has 6 nitrogen and oxygen atoms in total. The summed E-state index contributed by atoms with van der Waals surface area (Å²) < 4.78 is 5.48. The predicted octanol–water partition coefficient (Wildman–Crippen LogP) is 21.4. The molecule has 0 rings (SSSR count). The Bertz CT molecular complexity index is 1050. The molecule has 6 heteroatoms. The average molecular weight is 1030 g/mol. The van der Waals surface area contributed by atoms with Gasteiger partial charge in [-0.3, -0.25) is 9.59 Å². The van der Waals surface area contributed by atoms with Crippen molar-refractivity contribution in [2.45, 2.75) is 405 Å². The molecule has 0 radical (unpaired) electrons. The Balaban J connectivity index is 3.31. The van der Waals surface area contributed by atoms with Crippen molar-refractivity contribution in [2.75, 3.05) is 13.2 Å². The minimum Gasteiger partial charge on any atom is -0.466 e. The molecule has 1 amide bonds. The van der Waals surface area contributed by atoms with Gasteiger partial charge in [-0.1, -0.05) is 354 Å². The molecular formula is C67H133NO5. The summed E-state index contributed by atoms with van der Waals surface area (Å²) >= 11 is 0. The molecule has 73 heavy (non-hydrogen) atoms. The van der Waals surface area contributed by atoms with Gasteiger partial charge >= 0.3 is 5.97 Å². The van der Waals surface area contributed by atoms with E-state index in [0.717, 1.165) is 38.5 Å². The van der Waals surface area contributed by atoms with E-state index in [1.807, 2.05) is 0 Å². The molecule has 0 aliphatic carbocycles. The van der Waals surface area contributed by atoms with Crippen LogP contribution < -0.4 is 5.32 Å². The molecule has 0 saturated heterocycles. The van der Waals surface area contributed by atoms with E-state index in [1.54, 1.807) is 0 Å². The summed E-state index contributed by atoms with van der Waals surface area (Å²) in [6, 6.07) is -0.536. The Labute approximate surface area is 457 Å². The van der Waals surface area contributed by atoms with Crippen LogP contribution in [0.1, 0.15) is 393 Å². The highest BCUT2D eigenvalue weighted by Crippen LogP contribution is 2.19. The van der Waals surface area contributed by atoms with Crippen LogP contribution in [0.4, 0.5) is 0 Å². The summed E-state index contributed by atoms with van der Waals surface area (Å²) in [6.45, 7) is 4.99. The van der Waals surface area contributed by atoms with E-state index < -0.39 is 12.1 Å². The summed E-state index contributed by atoms with van der Waals surface area (Å²) in [5, 5.41) is 23.3. The van der Waals surface area contributed by atoms with Gasteiger partial charge in [0.2, 0.25) is 5.91 Å². The second-order valence-electron chi connectivity index (χ2n) is 23.5. The minimum atomic E-state index is -0.659. The van der Waals surface area contributed by atoms with E-state index in [9.17, 15) is 19.8 Å². The van der Waals surface area contributed by atoms with Gasteiger partial charge in [-0.15, -0.1) is 0 Å². The van der Waals surface area contributed by atoms with Crippen LogP contribution in [0.3, 0.4) is 0 Å². The van der Waals surface area contributed by atoms with Crippen LogP contribution in [0.25, 0.3) is 0 Å². The van der Waals surface area contributed by atoms with E-state index in [4.69, 9.17) is 4.74 Å². The van der Waals surface area contributed by atoms with Crippen molar-refractivity contribution in [2.24, 2.45) is 0 Å². The molecular weight excluding hydrogens is 899 g/mol. The predicted molar refractivity (Wildman–Crippen MR) is 320 cm³/mol. The number of unbranched alkanes of at least 4 members (excludes halogenated alkanes) is 53. The number of hydrogen-bond donors (Lipinski definition) is 3. The molecule has 2 unspecified atom stereocenters. The average Bonchev–Trinajstić information content (AvgIpc) is 3.39. The molecule has 0 aromatic heterocycles. The van der Waals surface area contributed by atoms with Gasteiger partial charge in [-0.05, 0) is 25.7 Å². The third-order valence-corrected chi connectivity index (χ3v) is 16.2. The maximum atomic E-state index is 12.5. The van der Waals surface area contributed by atoms with Crippen LogP contribution in [-0.2, 0) is 14.3 Å². The largest absolute Gasteiger partial charge is 0.466 e. The van der Waals surface area contributed by atoms with Crippen LogP contribution in [0.2, 0.25) is 0 Å². The number of hydrogen-bond acceptors (Lipinski definition) is 5. The highest BCUT2D eigenvalue weighted by Gasteiger charge is 2.20. The number of amides is 1. The normalized spacial score (nSPS) is 12.4. The van der Waals surface area contributed by atoms with Gasteiger partial charge in [0.15, 0.2) is 0 Å². The van der Waals surface area contributed by atoms with Gasteiger partial charge < -0.3 is 20.3 Å². The Morgan fingerprint density at radius 1 is 0.329 bits per heavy atom. The lowest BCUT2D eigenvalue weighted by molar-refractivity contribution is -0.143. The fourth-order valence-corrected chi connectivity index (χ4v) is 11.0. The van der Waals surface area contributed by atoms with Crippen LogP contribution in [-0.4, -0.2) is 47.4 Å². The quantitative estimate of drug-likeness (QED) is 0.0417. The molecule has 0 aromatic carbocycles. The van der Waals surface area contributed by atoms with Crippen molar-refractivity contribution in [3.63, 3.8) is 0 Å². The van der Waals surface area contributed by atoms with Crippen molar-refractivity contribution in [1.29, 1.82) is 0 Å². The highest BCUT2D eigenvalue weighted by atomic mass is 16.5. The summed E-state index contributed by atoms with van der Waals surface area (Å²) in [4.78, 5) is 24.5. The summed E-state index contributed by atoms with van der Waals surface area (Å²) in [5.41, 5.74) is 0. The molecule has 0 heterocycles. The smallest absolute Gasteiger partial charge is 0.305 e. The molecule has 0 spiro atoms. The fourth-order valence-electron chi connectivity index (χ4n) is 11.0. The number of esters is 1. The number of rotatable bonds is 64. The van der Waals surface area contributed by atoms with Crippen LogP contribution in [0.5, 0.6) is 0 Å². The van der Waals surface area contributed by atoms with Crippen molar-refractivity contribution < 1.29 is 24.5 Å². The van der Waals surface area contributed by atoms with E-state index in [0.29, 0.717) is 25.9 Å². The second-order valence-corrected chi connectivity index (χ2v) is 23.5. The maximum Gasteiger partial charge on any atom is 0.305 e. The lowest BCUT2D eigenvalue weighted by Crippen LogP contribution is -2.45. The third kappa shape index (κ3) is 60.0. The van der Waals surface area contributed by atoms with Crippen LogP contribution in [0.15, 0.2) is 0 Å². The molecule has 0 aliphatic heterocycles. The maximum absolute atomic E-state index is 12.5. The molecule has 0 saturated carbocycles. The minimum absolute atomic E-state index is 0.0213. The molecule has 0 aliphatic rings. The lowest BCUT2D eigenvalue weighted by Gasteiger charge is -2.22. The highest BCUT2D eigenvalue weighted by molar-refractivity contribution is 5.76. The molecule has 0 bridgehead atoms. The first-order valence-corrected chi connectivity index (χ1v) is 33.8. The first-order chi connectivity index (χ1) is 36.0. The van der Waals surface area contributed by atoms with Crippen molar-refractivity contribution in [3.8, 4) is 0 Å².